The van der Waals surface area contributed by atoms with Crippen molar-refractivity contribution in [2.24, 2.45) is 5.29 Å². The van der Waals surface area contributed by atoms with Crippen LogP contribution in [-0.4, -0.2) is 16.3 Å². The fourth-order valence-electron chi connectivity index (χ4n) is 0.553. The third-order valence-electron chi connectivity index (χ3n) is 0.998. The molecule has 0 aliphatic carbocycles. The summed E-state index contributed by atoms with van der Waals surface area (Å²) in [5.41, 5.74) is 0. The second-order valence-corrected chi connectivity index (χ2v) is 1.60. The molecule has 4 heteroatoms. The summed E-state index contributed by atoms with van der Waals surface area (Å²) in [4.78, 5) is 9.80. The van der Waals surface area contributed by atoms with E-state index >= 15 is 0 Å². The summed E-state index contributed by atoms with van der Waals surface area (Å²) in [5.74, 6) is 0. The Bertz CT molecular complexity index is 164. The first-order chi connectivity index (χ1) is 4.34. The minimum Gasteiger partial charge on any atom is -0.368 e. The summed E-state index contributed by atoms with van der Waals surface area (Å²) in [6.45, 7) is 0. The Labute approximate surface area is 52.0 Å². The molecule has 1 heterocycles. The monoisotopic (exact) mass is 126 g/mol. The number of aliphatic hydroxyl groups is 1. The van der Waals surface area contributed by atoms with E-state index in [0.29, 0.717) is 0 Å². The first kappa shape index (κ1) is 5.97. The zero-order valence-corrected chi connectivity index (χ0v) is 4.64. The fourth-order valence-corrected chi connectivity index (χ4v) is 0.553. The molecule has 1 aliphatic rings. The van der Waals surface area contributed by atoms with Gasteiger partial charge in [0.05, 0.1) is 5.29 Å². The molecule has 48 valence electrons. The molecule has 1 N–H and O–H groups in total. The van der Waals surface area contributed by atoms with Crippen LogP contribution in [0, 0.1) is 4.91 Å². The van der Waals surface area contributed by atoms with Crippen molar-refractivity contribution in [2.45, 2.75) is 6.23 Å². The third kappa shape index (κ3) is 1.14. The number of nitrogens with zero attached hydrogens (tertiary/aromatic N) is 2. The lowest BCUT2D eigenvalue weighted by atomic mass is 10.4. The van der Waals surface area contributed by atoms with Crippen LogP contribution >= 0.6 is 0 Å². The molecule has 4 nitrogen and oxygen atoms in total. The molecule has 0 radical (unpaired) electrons. The molecule has 0 spiro atoms. The molecule has 1 rings (SSSR count). The van der Waals surface area contributed by atoms with Gasteiger partial charge in [0, 0.05) is 6.20 Å². The number of allylic oxidation sites excluding steroid dienone is 2. The van der Waals surface area contributed by atoms with E-state index in [2.05, 4.69) is 5.29 Å². The van der Waals surface area contributed by atoms with Crippen molar-refractivity contribution in [2.75, 3.05) is 0 Å². The Balaban J connectivity index is 2.65. The van der Waals surface area contributed by atoms with Crippen LogP contribution in [-0.2, 0) is 0 Å². The molecule has 0 aromatic rings. The van der Waals surface area contributed by atoms with Gasteiger partial charge in [0.15, 0.2) is 6.23 Å². The average Bonchev–Trinajstić information content (AvgIpc) is 1.89. The topological polar surface area (TPSA) is 52.9 Å². The zero-order valence-electron chi connectivity index (χ0n) is 4.64. The van der Waals surface area contributed by atoms with Gasteiger partial charge in [-0.1, -0.05) is 6.08 Å². The number of hydrogen-bond donors (Lipinski definition) is 1. The molecule has 1 atom stereocenters. The van der Waals surface area contributed by atoms with Gasteiger partial charge >= 0.3 is 0 Å². The molecule has 1 unspecified atom stereocenters. The van der Waals surface area contributed by atoms with E-state index in [1.165, 1.54) is 12.3 Å². The van der Waals surface area contributed by atoms with Gasteiger partial charge in [-0.3, -0.25) is 0 Å². The van der Waals surface area contributed by atoms with Crippen molar-refractivity contribution in [3.8, 4) is 0 Å². The molecule has 0 saturated carbocycles. The van der Waals surface area contributed by atoms with Crippen molar-refractivity contribution < 1.29 is 5.11 Å². The van der Waals surface area contributed by atoms with Crippen LogP contribution in [0.4, 0.5) is 0 Å². The largest absolute Gasteiger partial charge is 0.368 e. The summed E-state index contributed by atoms with van der Waals surface area (Å²) in [7, 11) is 0. The van der Waals surface area contributed by atoms with E-state index in [-0.39, 0.29) is 0 Å². The summed E-state index contributed by atoms with van der Waals surface area (Å²) in [6.07, 6.45) is 5.23. The van der Waals surface area contributed by atoms with Crippen LogP contribution in [0.25, 0.3) is 0 Å². The quantitative estimate of drug-likeness (QED) is 0.516. The van der Waals surface area contributed by atoms with Crippen molar-refractivity contribution in [3.63, 3.8) is 0 Å². The maximum absolute atomic E-state index is 9.80. The highest BCUT2D eigenvalue weighted by Crippen LogP contribution is 2.04. The molecule has 0 amide bonds. The predicted molar refractivity (Wildman–Crippen MR) is 31.9 cm³/mol. The van der Waals surface area contributed by atoms with Crippen LogP contribution in [0.2, 0.25) is 0 Å². The SMILES string of the molecule is O=NN1C=CC=CC1O. The van der Waals surface area contributed by atoms with Crippen LogP contribution in [0.5, 0.6) is 0 Å². The van der Waals surface area contributed by atoms with Crippen LogP contribution in [0.1, 0.15) is 0 Å². The molecule has 0 saturated heterocycles. The van der Waals surface area contributed by atoms with E-state index in [4.69, 9.17) is 5.11 Å². The Morgan fingerprint density at radius 1 is 1.56 bits per heavy atom. The molecule has 9 heavy (non-hydrogen) atoms. The minimum atomic E-state index is -0.896. The van der Waals surface area contributed by atoms with Crippen molar-refractivity contribution >= 4 is 0 Å². The zero-order chi connectivity index (χ0) is 6.69. The molecular formula is C5H6N2O2. The maximum atomic E-state index is 9.80. The van der Waals surface area contributed by atoms with Gasteiger partial charge in [0.2, 0.25) is 0 Å². The number of aliphatic hydroxyl groups excluding tert-OH is 1. The first-order valence-corrected chi connectivity index (χ1v) is 2.49. The molecule has 0 fully saturated rings. The van der Waals surface area contributed by atoms with Gasteiger partial charge in [-0.05, 0) is 12.2 Å². The summed E-state index contributed by atoms with van der Waals surface area (Å²) < 4.78 is 0. The highest BCUT2D eigenvalue weighted by Gasteiger charge is 2.08. The van der Waals surface area contributed by atoms with E-state index in [1.807, 2.05) is 0 Å². The standard InChI is InChI=1S/C5H6N2O2/c8-5-3-1-2-4-7(5)6-9/h1-5,8H. The lowest BCUT2D eigenvalue weighted by Crippen LogP contribution is -2.24. The Morgan fingerprint density at radius 2 is 2.33 bits per heavy atom. The van der Waals surface area contributed by atoms with Crippen LogP contribution in [0.3, 0.4) is 0 Å². The smallest absolute Gasteiger partial charge is 0.169 e. The summed E-state index contributed by atoms with van der Waals surface area (Å²) in [5, 5.41) is 12.3. The second kappa shape index (κ2) is 2.41. The molecule has 0 bridgehead atoms. The van der Waals surface area contributed by atoms with Gasteiger partial charge in [-0.2, -0.15) is 0 Å². The fraction of sp³-hybridized carbons (Fsp3) is 0.200. The number of hydrogen-bond acceptors (Lipinski definition) is 3. The second-order valence-electron chi connectivity index (χ2n) is 1.60. The average molecular weight is 126 g/mol. The molecule has 1 aliphatic heterocycles. The van der Waals surface area contributed by atoms with Crippen molar-refractivity contribution in [3.05, 3.63) is 29.3 Å². The third-order valence-corrected chi connectivity index (χ3v) is 0.998. The number of nitroso groups, excluding NO2 is 1. The van der Waals surface area contributed by atoms with E-state index < -0.39 is 6.23 Å². The lowest BCUT2D eigenvalue weighted by Gasteiger charge is -2.15. The summed E-state index contributed by atoms with van der Waals surface area (Å²) >= 11 is 0. The Kier molecular flexibility index (Phi) is 1.60. The van der Waals surface area contributed by atoms with Gasteiger partial charge in [0.1, 0.15) is 0 Å². The van der Waals surface area contributed by atoms with E-state index in [0.717, 1.165) is 5.01 Å². The summed E-state index contributed by atoms with van der Waals surface area (Å²) in [6, 6.07) is 0. The Hall–Kier alpha value is -1.16. The minimum absolute atomic E-state index is 0.896. The highest BCUT2D eigenvalue weighted by molar-refractivity contribution is 5.09. The van der Waals surface area contributed by atoms with Gasteiger partial charge in [0.25, 0.3) is 0 Å². The van der Waals surface area contributed by atoms with Crippen molar-refractivity contribution in [1.82, 2.24) is 5.01 Å². The molecular weight excluding hydrogens is 120 g/mol. The highest BCUT2D eigenvalue weighted by atomic mass is 16.3. The Morgan fingerprint density at radius 3 is 2.78 bits per heavy atom. The number of rotatable bonds is 1. The lowest BCUT2D eigenvalue weighted by molar-refractivity contribution is 0.0786. The van der Waals surface area contributed by atoms with E-state index in [1.54, 1.807) is 12.2 Å². The van der Waals surface area contributed by atoms with Crippen LogP contribution in [0.15, 0.2) is 29.7 Å². The van der Waals surface area contributed by atoms with Gasteiger partial charge in [-0.15, -0.1) is 4.91 Å². The predicted octanol–water partition coefficient (Wildman–Crippen LogP) is 0.372. The van der Waals surface area contributed by atoms with Gasteiger partial charge in [-0.25, -0.2) is 5.01 Å². The molecule has 0 aromatic carbocycles. The van der Waals surface area contributed by atoms with Gasteiger partial charge < -0.3 is 5.11 Å². The normalized spacial score (nSPS) is 24.6. The first-order valence-electron chi connectivity index (χ1n) is 2.49. The van der Waals surface area contributed by atoms with E-state index in [9.17, 15) is 4.91 Å². The maximum Gasteiger partial charge on any atom is 0.169 e. The molecule has 0 aromatic heterocycles. The van der Waals surface area contributed by atoms with Crippen LogP contribution < -0.4 is 0 Å². The van der Waals surface area contributed by atoms with Crippen molar-refractivity contribution in [1.29, 1.82) is 0 Å².